The maximum absolute atomic E-state index is 14.7. The Kier molecular flexibility index (Phi) is 12.7. The van der Waals surface area contributed by atoms with E-state index in [4.69, 9.17) is 14.5 Å². The Morgan fingerprint density at radius 2 is 1.78 bits per heavy atom. The second kappa shape index (κ2) is 18.1. The van der Waals surface area contributed by atoms with E-state index in [1.807, 2.05) is 39.0 Å². The number of fused-ring (bicyclic) bond motifs is 6. The van der Waals surface area contributed by atoms with Crippen molar-refractivity contribution < 1.29 is 33.4 Å². The number of pyridine rings is 1. The molecule has 0 radical (unpaired) electrons. The fourth-order valence-electron chi connectivity index (χ4n) is 10.3. The minimum absolute atomic E-state index is 0.136. The van der Waals surface area contributed by atoms with Gasteiger partial charge in [0, 0.05) is 74.8 Å². The molecule has 6 bridgehead atoms. The van der Waals surface area contributed by atoms with Crippen LogP contribution >= 0.6 is 0 Å². The summed E-state index contributed by atoms with van der Waals surface area (Å²) in [5.74, 6) is 3.15. The minimum atomic E-state index is -1.04. The number of amides is 4. The summed E-state index contributed by atoms with van der Waals surface area (Å²) in [5, 5.41) is 5.60. The molecule has 14 heteroatoms. The molecule has 2 N–H and O–H groups in total. The normalized spacial score (nSPS) is 21.6. The summed E-state index contributed by atoms with van der Waals surface area (Å²) in [6.45, 7) is 12.9. The second-order valence-corrected chi connectivity index (χ2v) is 19.4. The summed E-state index contributed by atoms with van der Waals surface area (Å²) in [5.41, 5.74) is 9.62. The number of benzene rings is 2. The lowest BCUT2D eigenvalue weighted by Crippen LogP contribution is -2.64. The molecule has 4 aromatic rings. The SMILES string of the molecule is CC#CC(=O)N1CC2(CCN([C@H](C(=O)N[C@H]3Cc4cccc(c4)-c4ccc5c(c4)c(c(-c4cccnc4[C@H](C)OC)n5C)CC(C)(C)COC(=O)[C@@H]4CCCN(N4)C3=O)C(C)C)C2=O)C1. The number of likely N-dealkylation sites (tertiary alicyclic amines) is 2. The predicted molar refractivity (Wildman–Crippen MR) is 246 cm³/mol. The molecule has 2 aromatic heterocycles. The van der Waals surface area contributed by atoms with Crippen molar-refractivity contribution >= 4 is 40.5 Å². The van der Waals surface area contributed by atoms with E-state index in [1.54, 1.807) is 30.0 Å². The van der Waals surface area contributed by atoms with E-state index in [0.29, 0.717) is 38.8 Å². The van der Waals surface area contributed by atoms with Crippen molar-refractivity contribution in [3.63, 3.8) is 0 Å². The van der Waals surface area contributed by atoms with Crippen LogP contribution in [0.5, 0.6) is 0 Å². The maximum atomic E-state index is 14.7. The van der Waals surface area contributed by atoms with Gasteiger partial charge in [-0.3, -0.25) is 34.0 Å². The number of methoxy groups -OCH3 is 1. The number of nitrogens with one attached hydrogen (secondary N) is 2. The number of hydrogen-bond acceptors (Lipinski definition) is 9. The average Bonchev–Trinajstić information content (AvgIpc) is 3.75. The summed E-state index contributed by atoms with van der Waals surface area (Å²) in [7, 11) is 3.75. The van der Waals surface area contributed by atoms with Gasteiger partial charge in [-0.15, -0.1) is 0 Å². The lowest BCUT2D eigenvalue weighted by atomic mass is 9.78. The Morgan fingerprint density at radius 3 is 2.52 bits per heavy atom. The number of aryl methyl sites for hydroxylation is 1. The van der Waals surface area contributed by atoms with Crippen LogP contribution in [0, 0.1) is 28.6 Å². The van der Waals surface area contributed by atoms with Gasteiger partial charge in [-0.25, -0.2) is 5.43 Å². The largest absolute Gasteiger partial charge is 0.464 e. The first-order valence-electron chi connectivity index (χ1n) is 22.8. The number of hydrogen-bond donors (Lipinski definition) is 2. The van der Waals surface area contributed by atoms with Crippen molar-refractivity contribution in [2.75, 3.05) is 39.9 Å². The molecular formula is C51H61N7O7. The summed E-state index contributed by atoms with van der Waals surface area (Å²) in [6.07, 6.45) is 3.81. The molecule has 8 rings (SSSR count). The van der Waals surface area contributed by atoms with Crippen LogP contribution in [0.25, 0.3) is 33.3 Å². The van der Waals surface area contributed by atoms with Crippen molar-refractivity contribution in [2.24, 2.45) is 23.8 Å². The number of rotatable bonds is 7. The zero-order valence-corrected chi connectivity index (χ0v) is 38.8. The van der Waals surface area contributed by atoms with Crippen LogP contribution in [0.3, 0.4) is 0 Å². The maximum Gasteiger partial charge on any atom is 0.324 e. The van der Waals surface area contributed by atoms with Crippen LogP contribution in [0.15, 0.2) is 60.8 Å². The Hall–Kier alpha value is -6.04. The van der Waals surface area contributed by atoms with Gasteiger partial charge in [-0.1, -0.05) is 63.9 Å². The molecule has 0 unspecified atom stereocenters. The molecule has 1 spiro atoms. The number of nitrogens with zero attached hydrogens (tertiary/aromatic N) is 5. The Labute approximate surface area is 381 Å². The van der Waals surface area contributed by atoms with Crippen molar-refractivity contribution in [1.82, 2.24) is 35.1 Å². The fourth-order valence-corrected chi connectivity index (χ4v) is 10.3. The monoisotopic (exact) mass is 883 g/mol. The summed E-state index contributed by atoms with van der Waals surface area (Å²) in [6, 6.07) is 15.8. The van der Waals surface area contributed by atoms with E-state index >= 15 is 0 Å². The van der Waals surface area contributed by atoms with Crippen LogP contribution in [0.4, 0.5) is 0 Å². The molecule has 4 aliphatic heterocycles. The van der Waals surface area contributed by atoms with Gasteiger partial charge in [0.25, 0.3) is 11.8 Å². The van der Waals surface area contributed by atoms with Gasteiger partial charge in [0.05, 0.1) is 29.5 Å². The quantitative estimate of drug-likeness (QED) is 0.184. The molecule has 4 atom stereocenters. The molecule has 3 fully saturated rings. The molecule has 65 heavy (non-hydrogen) atoms. The van der Waals surface area contributed by atoms with E-state index in [2.05, 4.69) is 84.4 Å². The van der Waals surface area contributed by atoms with Crippen LogP contribution in [0.1, 0.15) is 83.7 Å². The number of carbonyl (C=O) groups excluding carboxylic acids is 5. The highest BCUT2D eigenvalue weighted by molar-refractivity contribution is 5.99. The third kappa shape index (κ3) is 8.76. The topological polar surface area (TPSA) is 155 Å². The summed E-state index contributed by atoms with van der Waals surface area (Å²) < 4.78 is 14.1. The van der Waals surface area contributed by atoms with E-state index in [1.165, 1.54) is 5.01 Å². The van der Waals surface area contributed by atoms with E-state index in [0.717, 1.165) is 50.1 Å². The Balaban J connectivity index is 1.16. The lowest BCUT2D eigenvalue weighted by Gasteiger charge is -2.46. The number of ether oxygens (including phenoxy) is 2. The lowest BCUT2D eigenvalue weighted by molar-refractivity contribution is -0.155. The summed E-state index contributed by atoms with van der Waals surface area (Å²) in [4.78, 5) is 77.7. The zero-order chi connectivity index (χ0) is 46.4. The molecule has 14 nitrogen and oxygen atoms in total. The van der Waals surface area contributed by atoms with Gasteiger partial charge < -0.3 is 29.2 Å². The molecule has 6 heterocycles. The molecule has 342 valence electrons. The van der Waals surface area contributed by atoms with E-state index < -0.39 is 40.8 Å². The van der Waals surface area contributed by atoms with Gasteiger partial charge >= 0.3 is 5.97 Å². The van der Waals surface area contributed by atoms with Gasteiger partial charge in [-0.2, -0.15) is 0 Å². The first-order chi connectivity index (χ1) is 31.0. The number of esters is 1. The fraction of sp³-hybridized carbons (Fsp3) is 0.490. The standard InChI is InChI=1S/C51H61N7O7/c1-9-13-42(59)56-28-51(29-56)20-23-57(49(51)63)44(31(2)3)46(60)53-40-25-33-14-10-15-34(24-33)35-18-19-41-37(26-35)38(45(55(41)7)36-16-11-21-52-43(36)32(4)64-8)27-50(5,6)30-65-48(62)39-17-12-22-58(54-39)47(40)61/h10-11,14-16,18-19,21,24,26,31-32,39-40,44,54H,12,17,20,22-23,25,27-30H2,1-8H3,(H,53,60)/t32-,39-,40-,44-/m0/s1. The average molecular weight is 884 g/mol. The third-order valence-electron chi connectivity index (χ3n) is 13.7. The molecule has 2 aromatic carbocycles. The van der Waals surface area contributed by atoms with E-state index in [-0.39, 0.29) is 55.9 Å². The van der Waals surface area contributed by atoms with Gasteiger partial charge in [0.1, 0.15) is 18.1 Å². The number of cyclic esters (lactones) is 1. The second-order valence-electron chi connectivity index (χ2n) is 19.4. The predicted octanol–water partition coefficient (Wildman–Crippen LogP) is 5.37. The first-order valence-corrected chi connectivity index (χ1v) is 22.8. The summed E-state index contributed by atoms with van der Waals surface area (Å²) >= 11 is 0. The van der Waals surface area contributed by atoms with Crippen molar-refractivity contribution in [3.05, 3.63) is 77.6 Å². The molecule has 0 aliphatic carbocycles. The number of aromatic nitrogens is 2. The van der Waals surface area contributed by atoms with Crippen LogP contribution < -0.4 is 10.7 Å². The molecule has 4 aliphatic rings. The zero-order valence-electron chi connectivity index (χ0n) is 38.8. The first kappa shape index (κ1) is 45.5. The van der Waals surface area contributed by atoms with Crippen LogP contribution in [-0.4, -0.2) is 112 Å². The van der Waals surface area contributed by atoms with Crippen molar-refractivity contribution in [1.29, 1.82) is 0 Å². The number of carbonyl (C=O) groups is 5. The van der Waals surface area contributed by atoms with Gasteiger partial charge in [-0.05, 0) is 97.9 Å². The van der Waals surface area contributed by atoms with Crippen LogP contribution in [0.2, 0.25) is 0 Å². The molecular weight excluding hydrogens is 823 g/mol. The van der Waals surface area contributed by atoms with Crippen molar-refractivity contribution in [2.45, 2.75) is 97.9 Å². The molecule has 3 saturated heterocycles. The van der Waals surface area contributed by atoms with Gasteiger partial charge in [0.15, 0.2) is 0 Å². The van der Waals surface area contributed by atoms with E-state index in [9.17, 15) is 24.0 Å². The minimum Gasteiger partial charge on any atom is -0.464 e. The molecule has 4 amide bonds. The van der Waals surface area contributed by atoms with Gasteiger partial charge in [0.2, 0.25) is 11.8 Å². The third-order valence-corrected chi connectivity index (χ3v) is 13.7. The highest BCUT2D eigenvalue weighted by Gasteiger charge is 2.58. The van der Waals surface area contributed by atoms with Crippen molar-refractivity contribution in [3.8, 4) is 34.2 Å². The Bertz CT molecular complexity index is 2600. The molecule has 0 saturated carbocycles. The Morgan fingerprint density at radius 1 is 1.02 bits per heavy atom. The highest BCUT2D eigenvalue weighted by Crippen LogP contribution is 2.43. The smallest absolute Gasteiger partial charge is 0.324 e. The van der Waals surface area contributed by atoms with Crippen LogP contribution in [-0.2, 0) is 53.3 Å². The number of hydrazine groups is 1. The highest BCUT2D eigenvalue weighted by atomic mass is 16.5.